The van der Waals surface area contributed by atoms with E-state index in [4.69, 9.17) is 10.5 Å². The molecule has 0 atom stereocenters. The van der Waals surface area contributed by atoms with Crippen molar-refractivity contribution in [1.82, 2.24) is 15.1 Å². The molecule has 3 aromatic rings. The molecule has 0 bridgehead atoms. The maximum atomic E-state index is 14.5. The van der Waals surface area contributed by atoms with Crippen LogP contribution < -0.4 is 10.5 Å². The smallest absolute Gasteiger partial charge is 0.253 e. The first-order valence-corrected chi connectivity index (χ1v) is 9.61. The Labute approximate surface area is 172 Å². The van der Waals surface area contributed by atoms with E-state index in [9.17, 15) is 13.6 Å². The lowest BCUT2D eigenvalue weighted by molar-refractivity contribution is 0.0711. The highest BCUT2D eigenvalue weighted by atomic mass is 19.1. The zero-order chi connectivity index (χ0) is 21.1. The molecule has 1 amide bonds. The summed E-state index contributed by atoms with van der Waals surface area (Å²) in [5.41, 5.74) is 6.69. The van der Waals surface area contributed by atoms with Crippen molar-refractivity contribution in [2.75, 3.05) is 18.8 Å². The summed E-state index contributed by atoms with van der Waals surface area (Å²) in [6.45, 7) is 1.09. The molecule has 1 aliphatic rings. The van der Waals surface area contributed by atoms with E-state index in [0.29, 0.717) is 24.7 Å². The minimum atomic E-state index is -0.655. The normalized spacial score (nSPS) is 14.5. The predicted molar refractivity (Wildman–Crippen MR) is 107 cm³/mol. The highest BCUT2D eigenvalue weighted by Gasteiger charge is 2.26. The number of nitrogens with zero attached hydrogens (tertiary/aromatic N) is 3. The Morgan fingerprint density at radius 1 is 1.00 bits per heavy atom. The van der Waals surface area contributed by atoms with Gasteiger partial charge in [-0.1, -0.05) is 0 Å². The predicted octanol–water partition coefficient (Wildman–Crippen LogP) is 4.15. The molecule has 4 rings (SSSR count). The van der Waals surface area contributed by atoms with Crippen LogP contribution in [0.25, 0.3) is 0 Å². The minimum absolute atomic E-state index is 0.0289. The van der Waals surface area contributed by atoms with Crippen LogP contribution in [0.5, 0.6) is 11.5 Å². The zero-order valence-corrected chi connectivity index (χ0v) is 16.1. The Morgan fingerprint density at radius 2 is 1.73 bits per heavy atom. The van der Waals surface area contributed by atoms with E-state index < -0.39 is 11.6 Å². The molecule has 154 valence electrons. The van der Waals surface area contributed by atoms with Crippen molar-refractivity contribution in [3.63, 3.8) is 0 Å². The number of carbonyl (C=O) groups is 1. The number of likely N-dealkylation sites (tertiary alicyclic amines) is 1. The van der Waals surface area contributed by atoms with Gasteiger partial charge in [-0.2, -0.15) is 5.10 Å². The van der Waals surface area contributed by atoms with Crippen molar-refractivity contribution < 1.29 is 18.3 Å². The summed E-state index contributed by atoms with van der Waals surface area (Å²) >= 11 is 0. The molecule has 30 heavy (non-hydrogen) atoms. The fraction of sp³-hybridized carbons (Fsp3) is 0.227. The number of hydrogen-bond donors (Lipinski definition) is 1. The second kappa shape index (κ2) is 8.44. The Morgan fingerprint density at radius 3 is 2.37 bits per heavy atom. The van der Waals surface area contributed by atoms with E-state index in [1.165, 1.54) is 42.5 Å². The number of ether oxygens (including phenoxy) is 1. The zero-order valence-electron chi connectivity index (χ0n) is 16.1. The Bertz CT molecular complexity index is 1030. The monoisotopic (exact) mass is 410 g/mol. The first-order valence-electron chi connectivity index (χ1n) is 9.61. The van der Waals surface area contributed by atoms with Gasteiger partial charge < -0.3 is 15.4 Å². The third-order valence-corrected chi connectivity index (χ3v) is 5.13. The number of carbonyl (C=O) groups excluding carboxylic acids is 1. The van der Waals surface area contributed by atoms with E-state index in [-0.39, 0.29) is 23.1 Å². The van der Waals surface area contributed by atoms with Crippen LogP contribution >= 0.6 is 0 Å². The molecule has 0 spiro atoms. The number of nitrogens with two attached hydrogens (primary N) is 1. The van der Waals surface area contributed by atoms with Crippen molar-refractivity contribution in [3.8, 4) is 11.5 Å². The van der Waals surface area contributed by atoms with Crippen LogP contribution in [0.3, 0.4) is 0 Å². The van der Waals surface area contributed by atoms with Crippen LogP contribution in [0.2, 0.25) is 0 Å². The van der Waals surface area contributed by atoms with Gasteiger partial charge in [0.25, 0.3) is 5.91 Å². The van der Waals surface area contributed by atoms with E-state index in [1.807, 2.05) is 6.07 Å². The number of piperidine rings is 1. The molecule has 0 unspecified atom stereocenters. The molecule has 1 fully saturated rings. The molecule has 2 aromatic carbocycles. The summed E-state index contributed by atoms with van der Waals surface area (Å²) in [5.74, 6) is -0.427. The molecule has 1 saturated heterocycles. The molecule has 6 nitrogen and oxygen atoms in total. The fourth-order valence-electron chi connectivity index (χ4n) is 3.48. The lowest BCUT2D eigenvalue weighted by Gasteiger charge is -2.31. The van der Waals surface area contributed by atoms with Crippen molar-refractivity contribution >= 4 is 11.7 Å². The quantitative estimate of drug-likeness (QED) is 0.699. The number of anilines is 1. The molecule has 2 N–H and O–H groups in total. The first-order chi connectivity index (χ1) is 14.5. The molecule has 8 heteroatoms. The Kier molecular flexibility index (Phi) is 5.56. The van der Waals surface area contributed by atoms with Gasteiger partial charge in [-0.15, -0.1) is 5.10 Å². The van der Waals surface area contributed by atoms with E-state index in [2.05, 4.69) is 10.2 Å². The average molecular weight is 410 g/mol. The molecule has 1 aromatic heterocycles. The third-order valence-electron chi connectivity index (χ3n) is 5.13. The van der Waals surface area contributed by atoms with Gasteiger partial charge >= 0.3 is 0 Å². The second-order valence-electron chi connectivity index (χ2n) is 7.15. The standard InChI is InChI=1S/C22H20F2N4O2/c23-16-2-4-17(5-3-16)30-20-7-1-15(13-18(20)24)22(29)28-11-9-14(10-12-28)19-6-8-21(25)27-26-19/h1-8,13-14H,9-12H2,(H2,25,27). The highest BCUT2D eigenvalue weighted by Crippen LogP contribution is 2.29. The molecule has 2 heterocycles. The minimum Gasteiger partial charge on any atom is -0.454 e. The molecular weight excluding hydrogens is 390 g/mol. The van der Waals surface area contributed by atoms with Gasteiger partial charge in [0.1, 0.15) is 17.4 Å². The molecule has 0 aliphatic carbocycles. The summed E-state index contributed by atoms with van der Waals surface area (Å²) in [4.78, 5) is 14.5. The highest BCUT2D eigenvalue weighted by molar-refractivity contribution is 5.94. The summed E-state index contributed by atoms with van der Waals surface area (Å²) < 4.78 is 32.9. The lowest BCUT2D eigenvalue weighted by Crippen LogP contribution is -2.38. The number of halogens is 2. The Hall–Kier alpha value is -3.55. The second-order valence-corrected chi connectivity index (χ2v) is 7.15. The topological polar surface area (TPSA) is 81.3 Å². The van der Waals surface area contributed by atoms with Crippen LogP contribution in [0.1, 0.15) is 34.8 Å². The van der Waals surface area contributed by atoms with Gasteiger partial charge in [0.05, 0.1) is 5.69 Å². The van der Waals surface area contributed by atoms with Crippen LogP contribution in [-0.4, -0.2) is 34.1 Å². The molecular formula is C22H20F2N4O2. The van der Waals surface area contributed by atoms with Gasteiger partial charge in [-0.3, -0.25) is 4.79 Å². The van der Waals surface area contributed by atoms with Crippen LogP contribution in [0.15, 0.2) is 54.6 Å². The molecule has 0 radical (unpaired) electrons. The first kappa shape index (κ1) is 19.8. The van der Waals surface area contributed by atoms with Crippen molar-refractivity contribution in [1.29, 1.82) is 0 Å². The maximum Gasteiger partial charge on any atom is 0.253 e. The summed E-state index contributed by atoms with van der Waals surface area (Å²) in [7, 11) is 0. The van der Waals surface area contributed by atoms with Crippen molar-refractivity contribution in [2.45, 2.75) is 18.8 Å². The maximum absolute atomic E-state index is 14.5. The van der Waals surface area contributed by atoms with Crippen LogP contribution in [0.4, 0.5) is 14.6 Å². The van der Waals surface area contributed by atoms with Gasteiger partial charge in [0, 0.05) is 24.6 Å². The number of hydrogen-bond acceptors (Lipinski definition) is 5. The summed E-state index contributed by atoms with van der Waals surface area (Å²) in [5, 5.41) is 8.01. The SMILES string of the molecule is Nc1ccc(C2CCN(C(=O)c3ccc(Oc4ccc(F)cc4)c(F)c3)CC2)nn1. The van der Waals surface area contributed by atoms with Crippen LogP contribution in [0, 0.1) is 11.6 Å². The van der Waals surface area contributed by atoms with Gasteiger partial charge in [-0.25, -0.2) is 8.78 Å². The third kappa shape index (κ3) is 4.37. The van der Waals surface area contributed by atoms with E-state index in [0.717, 1.165) is 18.5 Å². The number of aromatic nitrogens is 2. The fourth-order valence-corrected chi connectivity index (χ4v) is 3.48. The Balaban J connectivity index is 1.39. The van der Waals surface area contributed by atoms with Gasteiger partial charge in [0.2, 0.25) is 0 Å². The number of amides is 1. The number of nitrogen functional groups attached to an aromatic ring is 1. The van der Waals surface area contributed by atoms with Crippen molar-refractivity contribution in [2.24, 2.45) is 0 Å². The number of rotatable bonds is 4. The lowest BCUT2D eigenvalue weighted by atomic mass is 9.93. The largest absolute Gasteiger partial charge is 0.454 e. The summed E-state index contributed by atoms with van der Waals surface area (Å²) in [6, 6.07) is 12.9. The number of benzene rings is 2. The van der Waals surface area contributed by atoms with E-state index >= 15 is 0 Å². The van der Waals surface area contributed by atoms with Crippen molar-refractivity contribution in [3.05, 3.63) is 77.5 Å². The molecule has 1 aliphatic heterocycles. The summed E-state index contributed by atoms with van der Waals surface area (Å²) in [6.07, 6.45) is 1.50. The van der Waals surface area contributed by atoms with Crippen LogP contribution in [-0.2, 0) is 0 Å². The average Bonchev–Trinajstić information content (AvgIpc) is 2.77. The molecule has 0 saturated carbocycles. The van der Waals surface area contributed by atoms with Gasteiger partial charge in [-0.05, 0) is 67.4 Å². The van der Waals surface area contributed by atoms with Gasteiger partial charge in [0.15, 0.2) is 11.6 Å². The van der Waals surface area contributed by atoms with E-state index in [1.54, 1.807) is 11.0 Å².